The lowest BCUT2D eigenvalue weighted by atomic mass is 10.1. The summed E-state index contributed by atoms with van der Waals surface area (Å²) in [5, 5.41) is 2.76. The molecule has 0 radical (unpaired) electrons. The molecule has 0 aliphatic carbocycles. The van der Waals surface area contributed by atoms with Crippen LogP contribution in [0.2, 0.25) is 5.15 Å². The highest BCUT2D eigenvalue weighted by Crippen LogP contribution is 2.31. The molecule has 0 atom stereocenters. The minimum atomic E-state index is -0.703. The van der Waals surface area contributed by atoms with Crippen LogP contribution in [0, 0.1) is 0 Å². The fraction of sp³-hybridized carbons (Fsp3) is 0.312. The monoisotopic (exact) mass is 368 g/mol. The maximum Gasteiger partial charge on any atom is 0.420 e. The van der Waals surface area contributed by atoms with Crippen LogP contribution in [0.3, 0.4) is 0 Å². The Morgan fingerprint density at radius 1 is 1.25 bits per heavy atom. The molecule has 1 aromatic carbocycles. The molecule has 128 valence electrons. The molecule has 1 amide bonds. The van der Waals surface area contributed by atoms with Crippen LogP contribution in [0.25, 0.3) is 10.9 Å². The fourth-order valence-electron chi connectivity index (χ4n) is 2.12. The molecule has 0 aliphatic rings. The fourth-order valence-corrected chi connectivity index (χ4v) is 2.56. The molecule has 1 heterocycles. The predicted octanol–water partition coefficient (Wildman–Crippen LogP) is 3.74. The molecule has 2 aromatic rings. The van der Waals surface area contributed by atoms with E-state index >= 15 is 0 Å². The van der Waals surface area contributed by atoms with E-state index in [9.17, 15) is 9.59 Å². The number of halogens is 1. The molecule has 0 saturated carbocycles. The SMILES string of the molecule is COC(=S)NC(=O)c1c(Cl)n(C(=O)OC(C)(C)C)c2ccccc12. The Morgan fingerprint density at radius 2 is 1.88 bits per heavy atom. The van der Waals surface area contributed by atoms with Crippen LogP contribution in [-0.4, -0.2) is 34.5 Å². The minimum Gasteiger partial charge on any atom is -0.474 e. The average molecular weight is 369 g/mol. The summed E-state index contributed by atoms with van der Waals surface area (Å²) in [5.41, 5.74) is -0.117. The van der Waals surface area contributed by atoms with Crippen molar-refractivity contribution in [2.24, 2.45) is 0 Å². The number of hydrogen-bond donors (Lipinski definition) is 1. The van der Waals surface area contributed by atoms with Gasteiger partial charge in [-0.3, -0.25) is 10.1 Å². The zero-order valence-corrected chi connectivity index (χ0v) is 15.2. The summed E-state index contributed by atoms with van der Waals surface area (Å²) in [5.74, 6) is -0.564. The first-order chi connectivity index (χ1) is 11.2. The van der Waals surface area contributed by atoms with E-state index < -0.39 is 17.6 Å². The van der Waals surface area contributed by atoms with Crippen molar-refractivity contribution in [3.63, 3.8) is 0 Å². The molecule has 1 aromatic heterocycles. The summed E-state index contributed by atoms with van der Waals surface area (Å²) in [6.07, 6.45) is -0.669. The molecule has 0 fully saturated rings. The number of benzene rings is 1. The molecule has 0 saturated heterocycles. The lowest BCUT2D eigenvalue weighted by molar-refractivity contribution is 0.0545. The quantitative estimate of drug-likeness (QED) is 0.776. The number of para-hydroxylation sites is 1. The molecule has 2 rings (SSSR count). The number of nitrogens with one attached hydrogen (secondary N) is 1. The Bertz CT molecular complexity index is 823. The van der Waals surface area contributed by atoms with Gasteiger partial charge in [0, 0.05) is 5.39 Å². The van der Waals surface area contributed by atoms with Gasteiger partial charge in [-0.25, -0.2) is 9.36 Å². The van der Waals surface area contributed by atoms with Crippen molar-refractivity contribution >= 4 is 51.9 Å². The number of amides is 1. The van der Waals surface area contributed by atoms with Crippen LogP contribution >= 0.6 is 23.8 Å². The number of carbonyl (C=O) groups excluding carboxylic acids is 2. The van der Waals surface area contributed by atoms with Crippen LogP contribution in [0.5, 0.6) is 0 Å². The van der Waals surface area contributed by atoms with Gasteiger partial charge in [0.1, 0.15) is 10.8 Å². The van der Waals surface area contributed by atoms with E-state index in [4.69, 9.17) is 33.3 Å². The van der Waals surface area contributed by atoms with Crippen molar-refractivity contribution in [2.75, 3.05) is 7.11 Å². The van der Waals surface area contributed by atoms with Gasteiger partial charge in [0.05, 0.1) is 18.2 Å². The van der Waals surface area contributed by atoms with Gasteiger partial charge in [-0.15, -0.1) is 0 Å². The minimum absolute atomic E-state index is 0.0538. The third-order valence-corrected chi connectivity index (χ3v) is 3.65. The molecule has 0 unspecified atom stereocenters. The molecular weight excluding hydrogens is 352 g/mol. The first-order valence-corrected chi connectivity index (χ1v) is 7.86. The van der Waals surface area contributed by atoms with E-state index in [0.29, 0.717) is 10.9 Å². The van der Waals surface area contributed by atoms with E-state index in [1.165, 1.54) is 7.11 Å². The van der Waals surface area contributed by atoms with Crippen molar-refractivity contribution in [3.8, 4) is 0 Å². The van der Waals surface area contributed by atoms with Gasteiger partial charge in [-0.2, -0.15) is 0 Å². The molecule has 8 heteroatoms. The van der Waals surface area contributed by atoms with Gasteiger partial charge in [-0.1, -0.05) is 29.8 Å². The first-order valence-electron chi connectivity index (χ1n) is 7.07. The Morgan fingerprint density at radius 3 is 2.46 bits per heavy atom. The van der Waals surface area contributed by atoms with Crippen LogP contribution in [0.15, 0.2) is 24.3 Å². The molecule has 1 N–H and O–H groups in total. The number of ether oxygens (including phenoxy) is 2. The molecule has 24 heavy (non-hydrogen) atoms. The summed E-state index contributed by atoms with van der Waals surface area (Å²) in [7, 11) is 1.34. The van der Waals surface area contributed by atoms with Crippen LogP contribution in [0.1, 0.15) is 31.1 Å². The lowest BCUT2D eigenvalue weighted by Gasteiger charge is -2.20. The zero-order chi connectivity index (χ0) is 18.1. The van der Waals surface area contributed by atoms with E-state index in [1.54, 1.807) is 45.0 Å². The molecule has 0 bridgehead atoms. The van der Waals surface area contributed by atoms with Crippen molar-refractivity contribution in [1.82, 2.24) is 9.88 Å². The Balaban J connectivity index is 2.58. The zero-order valence-electron chi connectivity index (χ0n) is 13.7. The highest BCUT2D eigenvalue weighted by molar-refractivity contribution is 7.80. The van der Waals surface area contributed by atoms with Crippen LogP contribution < -0.4 is 5.32 Å². The number of carbonyl (C=O) groups is 2. The van der Waals surface area contributed by atoms with Crippen molar-refractivity contribution in [3.05, 3.63) is 35.0 Å². The second-order valence-electron chi connectivity index (χ2n) is 5.94. The third kappa shape index (κ3) is 3.68. The predicted molar refractivity (Wildman–Crippen MR) is 95.7 cm³/mol. The van der Waals surface area contributed by atoms with Crippen molar-refractivity contribution < 1.29 is 19.1 Å². The maximum absolute atomic E-state index is 12.5. The topological polar surface area (TPSA) is 69.6 Å². The molecule has 6 nitrogen and oxygen atoms in total. The normalized spacial score (nSPS) is 11.2. The number of fused-ring (bicyclic) bond motifs is 1. The van der Waals surface area contributed by atoms with Crippen LogP contribution in [0.4, 0.5) is 4.79 Å². The largest absolute Gasteiger partial charge is 0.474 e. The van der Waals surface area contributed by atoms with E-state index in [0.717, 1.165) is 4.57 Å². The van der Waals surface area contributed by atoms with Gasteiger partial charge >= 0.3 is 6.09 Å². The number of rotatable bonds is 1. The summed E-state index contributed by atoms with van der Waals surface area (Å²) in [6.45, 7) is 5.24. The summed E-state index contributed by atoms with van der Waals surface area (Å²) in [4.78, 5) is 24.9. The summed E-state index contributed by atoms with van der Waals surface area (Å²) < 4.78 is 11.3. The van der Waals surface area contributed by atoms with Crippen molar-refractivity contribution in [1.29, 1.82) is 0 Å². The van der Waals surface area contributed by atoms with E-state index in [2.05, 4.69) is 5.32 Å². The number of methoxy groups -OCH3 is 1. The second kappa shape index (κ2) is 6.78. The van der Waals surface area contributed by atoms with Gasteiger partial charge in [-0.05, 0) is 39.1 Å². The maximum atomic E-state index is 12.5. The van der Waals surface area contributed by atoms with Gasteiger partial charge in [0.25, 0.3) is 11.1 Å². The second-order valence-corrected chi connectivity index (χ2v) is 6.67. The number of hydrogen-bond acceptors (Lipinski definition) is 5. The molecule has 0 spiro atoms. The number of nitrogens with zero attached hydrogens (tertiary/aromatic N) is 1. The third-order valence-electron chi connectivity index (χ3n) is 3.02. The van der Waals surface area contributed by atoms with Gasteiger partial charge < -0.3 is 9.47 Å². The summed E-state index contributed by atoms with van der Waals surface area (Å²) >= 11 is 11.1. The standard InChI is InChI=1S/C16H17ClN2O4S/c1-16(2,3)23-15(21)19-10-8-6-5-7-9(10)11(12(19)17)13(20)18-14(24)22-4/h5-8H,1-4H3,(H,18,20,24). The lowest BCUT2D eigenvalue weighted by Crippen LogP contribution is -2.30. The number of thiocarbonyl (C=S) groups is 1. The summed E-state index contributed by atoms with van der Waals surface area (Å²) in [6, 6.07) is 6.84. The number of aromatic nitrogens is 1. The molecule has 0 aliphatic heterocycles. The highest BCUT2D eigenvalue weighted by atomic mass is 35.5. The highest BCUT2D eigenvalue weighted by Gasteiger charge is 2.27. The van der Waals surface area contributed by atoms with E-state index in [1.807, 2.05) is 0 Å². The van der Waals surface area contributed by atoms with E-state index in [-0.39, 0.29) is 15.9 Å². The smallest absolute Gasteiger partial charge is 0.420 e. The van der Waals surface area contributed by atoms with Gasteiger partial charge in [0.2, 0.25) is 0 Å². The van der Waals surface area contributed by atoms with Crippen molar-refractivity contribution in [2.45, 2.75) is 26.4 Å². The first kappa shape index (κ1) is 18.2. The van der Waals surface area contributed by atoms with Gasteiger partial charge in [0.15, 0.2) is 0 Å². The Kier molecular flexibility index (Phi) is 5.15. The Hall–Kier alpha value is -2.12. The molecular formula is C16H17ClN2O4S. The van der Waals surface area contributed by atoms with Crippen LogP contribution in [-0.2, 0) is 9.47 Å². The Labute approximate surface area is 149 Å². The average Bonchev–Trinajstić information content (AvgIpc) is 2.77.